The molecular formula is C21H19ClN2O4S. The number of carbonyl (C=O) groups is 2. The fraction of sp³-hybridized carbons (Fsp3) is 0.190. The summed E-state index contributed by atoms with van der Waals surface area (Å²) in [6.45, 7) is 3.85. The van der Waals surface area contributed by atoms with Crippen molar-refractivity contribution in [2.45, 2.75) is 18.9 Å². The van der Waals surface area contributed by atoms with Crippen LogP contribution in [0.3, 0.4) is 0 Å². The molecule has 0 atom stereocenters. The molecule has 2 aromatic carbocycles. The molecule has 0 saturated carbocycles. The fourth-order valence-corrected chi connectivity index (χ4v) is 3.85. The lowest BCUT2D eigenvalue weighted by atomic mass is 10.1. The molecule has 2 N–H and O–H groups in total. The molecule has 1 amide bonds. The minimum atomic E-state index is -0.763. The average molecular weight is 431 g/mol. The third-order valence-electron chi connectivity index (χ3n) is 4.33. The number of amides is 1. The number of hydrogen-bond donors (Lipinski definition) is 2. The highest BCUT2D eigenvalue weighted by Crippen LogP contribution is 2.25. The van der Waals surface area contributed by atoms with Gasteiger partial charge in [0.05, 0.1) is 23.4 Å². The third kappa shape index (κ3) is 4.63. The first-order valence-electron chi connectivity index (χ1n) is 8.74. The van der Waals surface area contributed by atoms with Crippen LogP contribution in [0, 0.1) is 13.8 Å². The van der Waals surface area contributed by atoms with Crippen LogP contribution in [0.2, 0.25) is 5.02 Å². The average Bonchev–Trinajstić information content (AvgIpc) is 2.68. The van der Waals surface area contributed by atoms with E-state index in [-0.39, 0.29) is 22.2 Å². The second kappa shape index (κ2) is 8.71. The number of carbonyl (C=O) groups excluding carboxylic acids is 2. The molecule has 0 unspecified atom stereocenters. The molecule has 6 nitrogen and oxygen atoms in total. The summed E-state index contributed by atoms with van der Waals surface area (Å²) in [5, 5.41) is 3.88. The number of fused-ring (bicyclic) bond motifs is 1. The van der Waals surface area contributed by atoms with E-state index in [1.54, 1.807) is 18.2 Å². The zero-order chi connectivity index (χ0) is 21.1. The molecule has 0 aliphatic heterocycles. The molecule has 8 heteroatoms. The number of ether oxygens (including phenoxy) is 1. The molecule has 0 fully saturated rings. The van der Waals surface area contributed by atoms with Gasteiger partial charge in [0.1, 0.15) is 5.56 Å². The SMILES string of the molecule is COC(=O)c1c(SCC(=O)Nc2cc(C)ccc2C)[nH]c2cc(Cl)ccc2c1=O. The zero-order valence-corrected chi connectivity index (χ0v) is 17.7. The summed E-state index contributed by atoms with van der Waals surface area (Å²) in [6, 6.07) is 10.5. The number of H-pyrrole nitrogens is 1. The molecule has 29 heavy (non-hydrogen) atoms. The Morgan fingerprint density at radius 2 is 1.93 bits per heavy atom. The van der Waals surface area contributed by atoms with Gasteiger partial charge < -0.3 is 15.0 Å². The minimum Gasteiger partial charge on any atom is -0.465 e. The topological polar surface area (TPSA) is 88.3 Å². The predicted molar refractivity (Wildman–Crippen MR) is 116 cm³/mol. The minimum absolute atomic E-state index is 0.000607. The van der Waals surface area contributed by atoms with Crippen LogP contribution in [0.1, 0.15) is 21.5 Å². The number of nitrogens with one attached hydrogen (secondary N) is 2. The van der Waals surface area contributed by atoms with Crippen molar-refractivity contribution in [3.8, 4) is 0 Å². The summed E-state index contributed by atoms with van der Waals surface area (Å²) >= 11 is 7.07. The largest absolute Gasteiger partial charge is 0.465 e. The summed E-state index contributed by atoms with van der Waals surface area (Å²) in [5.41, 5.74) is 2.57. The summed E-state index contributed by atoms with van der Waals surface area (Å²) in [4.78, 5) is 40.5. The maximum absolute atomic E-state index is 12.8. The smallest absolute Gasteiger partial charge is 0.344 e. The van der Waals surface area contributed by atoms with Gasteiger partial charge in [0.15, 0.2) is 0 Å². The van der Waals surface area contributed by atoms with Crippen LogP contribution >= 0.6 is 23.4 Å². The van der Waals surface area contributed by atoms with Crippen LogP contribution in [-0.2, 0) is 9.53 Å². The van der Waals surface area contributed by atoms with Crippen molar-refractivity contribution in [2.75, 3.05) is 18.2 Å². The number of rotatable bonds is 5. The van der Waals surface area contributed by atoms with Crippen molar-refractivity contribution in [2.24, 2.45) is 0 Å². The fourth-order valence-electron chi connectivity index (χ4n) is 2.83. The summed E-state index contributed by atoms with van der Waals surface area (Å²) in [6.07, 6.45) is 0. The molecule has 3 rings (SSSR count). The second-order valence-electron chi connectivity index (χ2n) is 6.49. The molecule has 0 spiro atoms. The van der Waals surface area contributed by atoms with Gasteiger partial charge in [0.2, 0.25) is 11.3 Å². The van der Waals surface area contributed by atoms with Crippen LogP contribution in [0.4, 0.5) is 5.69 Å². The molecule has 0 aliphatic carbocycles. The molecule has 0 saturated heterocycles. The van der Waals surface area contributed by atoms with Crippen molar-refractivity contribution in [3.63, 3.8) is 0 Å². The van der Waals surface area contributed by atoms with Gasteiger partial charge in [-0.15, -0.1) is 0 Å². The van der Waals surface area contributed by atoms with Crippen molar-refractivity contribution in [1.82, 2.24) is 4.98 Å². The van der Waals surface area contributed by atoms with Gasteiger partial charge in [-0.05, 0) is 49.2 Å². The number of aromatic nitrogens is 1. The standard InChI is InChI=1S/C21H19ClN2O4S/c1-11-4-5-12(2)15(8-11)23-17(25)10-29-20-18(21(27)28-3)19(26)14-7-6-13(22)9-16(14)24-20/h4-9H,10H2,1-3H3,(H,23,25)(H,24,26). The highest BCUT2D eigenvalue weighted by Gasteiger charge is 2.21. The van der Waals surface area contributed by atoms with Gasteiger partial charge in [-0.2, -0.15) is 0 Å². The van der Waals surface area contributed by atoms with Crippen molar-refractivity contribution in [3.05, 3.63) is 68.3 Å². The van der Waals surface area contributed by atoms with E-state index in [0.717, 1.165) is 28.6 Å². The number of pyridine rings is 1. The highest BCUT2D eigenvalue weighted by molar-refractivity contribution is 8.00. The van der Waals surface area contributed by atoms with Crippen molar-refractivity contribution >= 4 is 51.8 Å². The lowest BCUT2D eigenvalue weighted by Crippen LogP contribution is -2.20. The Kier molecular flexibility index (Phi) is 6.30. The van der Waals surface area contributed by atoms with Crippen molar-refractivity contribution in [1.29, 1.82) is 0 Å². The maximum Gasteiger partial charge on any atom is 0.344 e. The number of aryl methyl sites for hydroxylation is 2. The van der Waals surface area contributed by atoms with Gasteiger partial charge in [-0.25, -0.2) is 4.79 Å². The Morgan fingerprint density at radius 3 is 2.66 bits per heavy atom. The normalized spacial score (nSPS) is 10.8. The van der Waals surface area contributed by atoms with Gasteiger partial charge >= 0.3 is 5.97 Å². The lowest BCUT2D eigenvalue weighted by molar-refractivity contribution is -0.113. The number of hydrogen-bond acceptors (Lipinski definition) is 5. The highest BCUT2D eigenvalue weighted by atomic mass is 35.5. The molecule has 1 heterocycles. The molecule has 150 valence electrons. The van der Waals surface area contributed by atoms with Gasteiger partial charge in [0, 0.05) is 16.1 Å². The van der Waals surface area contributed by atoms with E-state index in [0.29, 0.717) is 15.9 Å². The van der Waals surface area contributed by atoms with Gasteiger partial charge in [-0.1, -0.05) is 35.5 Å². The van der Waals surface area contributed by atoms with Gasteiger partial charge in [-0.3, -0.25) is 9.59 Å². The number of anilines is 1. The van der Waals surface area contributed by atoms with E-state index < -0.39 is 11.4 Å². The quantitative estimate of drug-likeness (QED) is 0.465. The van der Waals surface area contributed by atoms with Crippen LogP contribution < -0.4 is 10.7 Å². The monoisotopic (exact) mass is 430 g/mol. The number of esters is 1. The first kappa shape index (κ1) is 21.0. The summed E-state index contributed by atoms with van der Waals surface area (Å²) < 4.78 is 4.76. The third-order valence-corrected chi connectivity index (χ3v) is 5.57. The maximum atomic E-state index is 12.8. The molecule has 1 aromatic heterocycles. The van der Waals surface area contributed by atoms with Crippen LogP contribution in [0.25, 0.3) is 10.9 Å². The van der Waals surface area contributed by atoms with E-state index in [2.05, 4.69) is 10.3 Å². The van der Waals surface area contributed by atoms with E-state index in [4.69, 9.17) is 16.3 Å². The van der Waals surface area contributed by atoms with Crippen LogP contribution in [0.15, 0.2) is 46.2 Å². The van der Waals surface area contributed by atoms with Gasteiger partial charge in [0.25, 0.3) is 0 Å². The van der Waals surface area contributed by atoms with E-state index in [1.807, 2.05) is 32.0 Å². The number of aromatic amines is 1. The predicted octanol–water partition coefficient (Wildman–Crippen LogP) is 4.32. The molecule has 0 radical (unpaired) electrons. The summed E-state index contributed by atoms with van der Waals surface area (Å²) in [7, 11) is 1.20. The number of thioether (sulfide) groups is 1. The Morgan fingerprint density at radius 1 is 1.17 bits per heavy atom. The molecular weight excluding hydrogens is 412 g/mol. The number of methoxy groups -OCH3 is 1. The Bertz CT molecular complexity index is 1170. The molecule has 3 aromatic rings. The first-order valence-corrected chi connectivity index (χ1v) is 10.1. The number of benzene rings is 2. The zero-order valence-electron chi connectivity index (χ0n) is 16.1. The van der Waals surface area contributed by atoms with Crippen LogP contribution in [-0.4, -0.2) is 29.7 Å². The molecule has 0 bridgehead atoms. The molecule has 0 aliphatic rings. The number of halogens is 1. The lowest BCUT2D eigenvalue weighted by Gasteiger charge is -2.11. The summed E-state index contributed by atoms with van der Waals surface area (Å²) in [5.74, 6) is -1.02. The Labute approximate surface area is 176 Å². The Hall–Kier alpha value is -2.77. The van der Waals surface area contributed by atoms with Crippen molar-refractivity contribution < 1.29 is 14.3 Å². The first-order chi connectivity index (χ1) is 13.8. The van der Waals surface area contributed by atoms with E-state index >= 15 is 0 Å². The van der Waals surface area contributed by atoms with E-state index in [9.17, 15) is 14.4 Å². The van der Waals surface area contributed by atoms with E-state index in [1.165, 1.54) is 7.11 Å². The Balaban J connectivity index is 1.90. The second-order valence-corrected chi connectivity index (χ2v) is 7.92. The van der Waals surface area contributed by atoms with Crippen LogP contribution in [0.5, 0.6) is 0 Å².